The molecule has 0 radical (unpaired) electrons. The summed E-state index contributed by atoms with van der Waals surface area (Å²) in [6, 6.07) is 6.24. The number of hydrogen-bond donors (Lipinski definition) is 1. The summed E-state index contributed by atoms with van der Waals surface area (Å²) in [7, 11) is 3.01. The molecule has 1 N–H and O–H groups in total. The second-order valence-corrected chi connectivity index (χ2v) is 3.65. The second kappa shape index (κ2) is 8.26. The Morgan fingerprint density at radius 3 is 1.95 bits per heavy atom. The third kappa shape index (κ3) is 5.27. The highest BCUT2D eigenvalue weighted by Gasteiger charge is 2.01. The molecule has 0 saturated heterocycles. The first-order chi connectivity index (χ1) is 10.1. The van der Waals surface area contributed by atoms with E-state index < -0.39 is 5.97 Å². The van der Waals surface area contributed by atoms with Gasteiger partial charge in [0, 0.05) is 30.1 Å². The minimum atomic E-state index is -0.986. The molecule has 0 saturated carbocycles. The smallest absolute Gasteiger partial charge is 0.337 e. The monoisotopic (exact) mass is 290 g/mol. The summed E-state index contributed by atoms with van der Waals surface area (Å²) in [4.78, 5) is 28.0. The van der Waals surface area contributed by atoms with Crippen molar-refractivity contribution in [1.29, 1.82) is 0 Å². The molecule has 7 heteroatoms. The van der Waals surface area contributed by atoms with E-state index in [4.69, 9.17) is 14.6 Å². The molecular formula is C14H14N2O5. The molecule has 21 heavy (non-hydrogen) atoms. The van der Waals surface area contributed by atoms with Crippen LogP contribution in [0, 0.1) is 0 Å². The summed E-state index contributed by atoms with van der Waals surface area (Å²) in [5, 5.41) is 8.47. The van der Waals surface area contributed by atoms with E-state index in [9.17, 15) is 9.59 Å². The zero-order chi connectivity index (χ0) is 15.7. The predicted octanol–water partition coefficient (Wildman–Crippen LogP) is 1.69. The summed E-state index contributed by atoms with van der Waals surface area (Å²) in [6.07, 6.45) is 3.46. The van der Waals surface area contributed by atoms with Crippen molar-refractivity contribution in [3.63, 3.8) is 0 Å². The van der Waals surface area contributed by atoms with Crippen molar-refractivity contribution >= 4 is 12.3 Å². The van der Waals surface area contributed by atoms with Gasteiger partial charge in [0.15, 0.2) is 6.29 Å². The lowest BCUT2D eigenvalue weighted by Crippen LogP contribution is -1.97. The summed E-state index contributed by atoms with van der Waals surface area (Å²) in [5.41, 5.74) is 0.714. The molecule has 2 aromatic heterocycles. The first kappa shape index (κ1) is 16.1. The van der Waals surface area contributed by atoms with Gasteiger partial charge in [-0.15, -0.1) is 0 Å². The van der Waals surface area contributed by atoms with Crippen LogP contribution in [0.2, 0.25) is 0 Å². The minimum absolute atomic E-state index is 0.158. The van der Waals surface area contributed by atoms with Crippen molar-refractivity contribution in [2.75, 3.05) is 14.2 Å². The number of hydrogen-bond acceptors (Lipinski definition) is 6. The number of pyridine rings is 2. The number of rotatable bonds is 4. The Balaban J connectivity index is 0.000000211. The van der Waals surface area contributed by atoms with Crippen molar-refractivity contribution in [2.45, 2.75) is 0 Å². The predicted molar refractivity (Wildman–Crippen MR) is 73.9 cm³/mol. The van der Waals surface area contributed by atoms with Crippen LogP contribution < -0.4 is 9.47 Å². The quantitative estimate of drug-likeness (QED) is 0.855. The fourth-order valence-electron chi connectivity index (χ4n) is 1.21. The van der Waals surface area contributed by atoms with E-state index in [-0.39, 0.29) is 5.56 Å². The molecule has 0 unspecified atom stereocenters. The van der Waals surface area contributed by atoms with Crippen LogP contribution in [0.5, 0.6) is 11.8 Å². The normalized spacial score (nSPS) is 9.05. The van der Waals surface area contributed by atoms with E-state index in [1.807, 2.05) is 0 Å². The summed E-state index contributed by atoms with van der Waals surface area (Å²) in [6.45, 7) is 0. The molecule has 0 bridgehead atoms. The van der Waals surface area contributed by atoms with Crippen LogP contribution >= 0.6 is 0 Å². The fraction of sp³-hybridized carbons (Fsp3) is 0.143. The van der Waals surface area contributed by atoms with Gasteiger partial charge in [-0.1, -0.05) is 0 Å². The van der Waals surface area contributed by atoms with Gasteiger partial charge < -0.3 is 14.6 Å². The summed E-state index contributed by atoms with van der Waals surface area (Å²) >= 11 is 0. The molecule has 0 aliphatic heterocycles. The number of methoxy groups -OCH3 is 2. The molecule has 2 heterocycles. The molecule has 0 aromatic carbocycles. The molecule has 2 rings (SSSR count). The largest absolute Gasteiger partial charge is 0.481 e. The maximum absolute atomic E-state index is 10.3. The highest BCUT2D eigenvalue weighted by molar-refractivity contribution is 5.87. The van der Waals surface area contributed by atoms with Crippen LogP contribution in [0.3, 0.4) is 0 Å². The van der Waals surface area contributed by atoms with Crippen molar-refractivity contribution in [3.05, 3.63) is 47.8 Å². The Hall–Kier alpha value is -2.96. The first-order valence-corrected chi connectivity index (χ1v) is 5.79. The van der Waals surface area contributed by atoms with Crippen LogP contribution in [0.25, 0.3) is 0 Å². The maximum Gasteiger partial charge on any atom is 0.337 e. The summed E-state index contributed by atoms with van der Waals surface area (Å²) < 4.78 is 9.53. The molecule has 0 amide bonds. The van der Waals surface area contributed by atoms with Gasteiger partial charge in [0.2, 0.25) is 11.8 Å². The van der Waals surface area contributed by atoms with E-state index in [1.54, 1.807) is 12.1 Å². The van der Waals surface area contributed by atoms with Crippen LogP contribution in [0.15, 0.2) is 36.7 Å². The van der Waals surface area contributed by atoms with Gasteiger partial charge in [0.1, 0.15) is 0 Å². The van der Waals surface area contributed by atoms with Crippen LogP contribution in [0.4, 0.5) is 0 Å². The second-order valence-electron chi connectivity index (χ2n) is 3.65. The zero-order valence-electron chi connectivity index (χ0n) is 11.5. The Bertz CT molecular complexity index is 581. The Kier molecular flexibility index (Phi) is 6.33. The van der Waals surface area contributed by atoms with Gasteiger partial charge in [0.25, 0.3) is 0 Å². The molecule has 7 nitrogen and oxygen atoms in total. The lowest BCUT2D eigenvalue weighted by molar-refractivity contribution is 0.0696. The van der Waals surface area contributed by atoms with Crippen molar-refractivity contribution in [3.8, 4) is 11.8 Å². The van der Waals surface area contributed by atoms with Gasteiger partial charge in [0.05, 0.1) is 19.8 Å². The third-order valence-corrected chi connectivity index (χ3v) is 2.30. The van der Waals surface area contributed by atoms with Gasteiger partial charge in [-0.25, -0.2) is 14.8 Å². The third-order valence-electron chi connectivity index (χ3n) is 2.30. The van der Waals surface area contributed by atoms with Crippen molar-refractivity contribution in [2.24, 2.45) is 0 Å². The van der Waals surface area contributed by atoms with E-state index in [2.05, 4.69) is 9.97 Å². The van der Waals surface area contributed by atoms with Gasteiger partial charge >= 0.3 is 5.97 Å². The molecule has 0 aliphatic rings. The SMILES string of the molecule is COc1ccc(C(=O)O)cn1.COc1ccc(C=O)cn1. The van der Waals surface area contributed by atoms with Crippen molar-refractivity contribution < 1.29 is 24.2 Å². The topological polar surface area (TPSA) is 98.6 Å². The van der Waals surface area contributed by atoms with Crippen LogP contribution in [-0.2, 0) is 0 Å². The van der Waals surface area contributed by atoms with E-state index in [0.717, 1.165) is 6.29 Å². The van der Waals surface area contributed by atoms with Crippen LogP contribution in [0.1, 0.15) is 20.7 Å². The standard InChI is InChI=1S/C7H7NO3.C7H7NO2/c1-11-6-3-2-5(4-8-6)7(9)10;1-10-7-3-2-6(5-9)4-8-7/h2-4H,1H3,(H,9,10);2-5H,1H3. The Morgan fingerprint density at radius 1 is 1.05 bits per heavy atom. The molecular weight excluding hydrogens is 276 g/mol. The summed E-state index contributed by atoms with van der Waals surface area (Å²) in [5.74, 6) is -0.0549. The fourth-order valence-corrected chi connectivity index (χ4v) is 1.21. The molecule has 0 fully saturated rings. The number of aromatic nitrogens is 2. The van der Waals surface area contributed by atoms with Crippen molar-refractivity contribution in [1.82, 2.24) is 9.97 Å². The molecule has 0 atom stereocenters. The Morgan fingerprint density at radius 2 is 1.62 bits per heavy atom. The zero-order valence-corrected chi connectivity index (χ0v) is 11.5. The van der Waals surface area contributed by atoms with Gasteiger partial charge in [-0.2, -0.15) is 0 Å². The highest BCUT2D eigenvalue weighted by atomic mass is 16.5. The highest BCUT2D eigenvalue weighted by Crippen LogP contribution is 2.06. The van der Waals surface area contributed by atoms with Gasteiger partial charge in [-0.05, 0) is 12.1 Å². The average molecular weight is 290 g/mol. The number of carboxylic acid groups (broad SMARTS) is 1. The lowest BCUT2D eigenvalue weighted by Gasteiger charge is -1.96. The lowest BCUT2D eigenvalue weighted by atomic mass is 10.3. The molecule has 2 aromatic rings. The molecule has 110 valence electrons. The Labute approximate surface area is 121 Å². The average Bonchev–Trinajstić information content (AvgIpc) is 2.55. The molecule has 0 spiro atoms. The number of carboxylic acids is 1. The molecule has 0 aliphatic carbocycles. The number of ether oxygens (including phenoxy) is 2. The maximum atomic E-state index is 10.3. The van der Waals surface area contributed by atoms with E-state index in [0.29, 0.717) is 17.3 Å². The number of aldehydes is 1. The number of nitrogens with zero attached hydrogens (tertiary/aromatic N) is 2. The van der Waals surface area contributed by atoms with E-state index >= 15 is 0 Å². The first-order valence-electron chi connectivity index (χ1n) is 5.79. The number of aromatic carboxylic acids is 1. The van der Waals surface area contributed by atoms with Gasteiger partial charge in [-0.3, -0.25) is 4.79 Å². The number of carbonyl (C=O) groups excluding carboxylic acids is 1. The number of carbonyl (C=O) groups is 2. The minimum Gasteiger partial charge on any atom is -0.481 e. The van der Waals surface area contributed by atoms with E-state index in [1.165, 1.54) is 38.7 Å². The van der Waals surface area contributed by atoms with Crippen LogP contribution in [-0.4, -0.2) is 41.5 Å².